The Hall–Kier alpha value is -1.40. The van der Waals surface area contributed by atoms with E-state index in [2.05, 4.69) is 15.5 Å². The number of carbonyl (C=O) groups is 1. The highest BCUT2D eigenvalue weighted by Crippen LogP contribution is 2.17. The number of amides is 1. The number of halogens is 1. The molecule has 18 heavy (non-hydrogen) atoms. The van der Waals surface area contributed by atoms with E-state index in [4.69, 9.17) is 16.3 Å². The second-order valence-electron chi connectivity index (χ2n) is 3.89. The van der Waals surface area contributed by atoms with E-state index in [-0.39, 0.29) is 11.9 Å². The van der Waals surface area contributed by atoms with Gasteiger partial charge in [0.2, 0.25) is 5.91 Å². The van der Waals surface area contributed by atoms with Crippen LogP contribution in [-0.2, 0) is 9.53 Å². The lowest BCUT2D eigenvalue weighted by atomic mass is 10.2. The lowest BCUT2D eigenvalue weighted by molar-refractivity contribution is -0.124. The van der Waals surface area contributed by atoms with Gasteiger partial charge in [0.1, 0.15) is 6.04 Å². The Morgan fingerprint density at radius 2 is 2.44 bits per heavy atom. The maximum atomic E-state index is 11.9. The van der Waals surface area contributed by atoms with Gasteiger partial charge in [0.15, 0.2) is 11.0 Å². The molecule has 1 aliphatic heterocycles. The molecule has 0 bridgehead atoms. The Bertz CT molecular complexity index is 412. The highest BCUT2D eigenvalue weighted by Gasteiger charge is 2.30. The quantitative estimate of drug-likeness (QED) is 0.865. The molecule has 1 N–H and O–H groups in total. The number of nitrogens with one attached hydrogen (secondary N) is 1. The van der Waals surface area contributed by atoms with Crippen LogP contribution in [0.2, 0.25) is 5.15 Å². The zero-order chi connectivity index (χ0) is 13.0. The molecule has 1 saturated heterocycles. The summed E-state index contributed by atoms with van der Waals surface area (Å²) in [6.07, 6.45) is 0. The summed E-state index contributed by atoms with van der Waals surface area (Å²) in [4.78, 5) is 13.8. The topological polar surface area (TPSA) is 67.3 Å². The van der Waals surface area contributed by atoms with Gasteiger partial charge in [-0.2, -0.15) is 0 Å². The first-order valence-corrected chi connectivity index (χ1v) is 6.21. The largest absolute Gasteiger partial charge is 0.377 e. The molecule has 0 radical (unpaired) electrons. The van der Waals surface area contributed by atoms with Gasteiger partial charge in [-0.1, -0.05) is 11.6 Å². The van der Waals surface area contributed by atoms with E-state index < -0.39 is 0 Å². The van der Waals surface area contributed by atoms with E-state index in [1.165, 1.54) is 0 Å². The molecule has 1 fully saturated rings. The molecule has 1 aromatic rings. The lowest BCUT2D eigenvalue weighted by Crippen LogP contribution is -2.54. The fourth-order valence-electron chi connectivity index (χ4n) is 1.85. The fourth-order valence-corrected chi connectivity index (χ4v) is 1.95. The van der Waals surface area contributed by atoms with Gasteiger partial charge < -0.3 is 15.0 Å². The summed E-state index contributed by atoms with van der Waals surface area (Å²) in [6, 6.07) is 3.05. The minimum atomic E-state index is -0.367. The van der Waals surface area contributed by atoms with Crippen LogP contribution in [-0.4, -0.2) is 48.4 Å². The number of aromatic nitrogens is 2. The smallest absolute Gasteiger partial charge is 0.245 e. The van der Waals surface area contributed by atoms with Crippen molar-refractivity contribution in [1.29, 1.82) is 0 Å². The van der Waals surface area contributed by atoms with E-state index in [0.29, 0.717) is 37.3 Å². The molecule has 0 spiro atoms. The summed E-state index contributed by atoms with van der Waals surface area (Å²) in [5.41, 5.74) is 0. The molecule has 2 rings (SSSR count). The molecule has 1 aromatic heterocycles. The zero-order valence-electron chi connectivity index (χ0n) is 10.1. The van der Waals surface area contributed by atoms with E-state index in [1.807, 2.05) is 11.8 Å². The minimum absolute atomic E-state index is 0.0612. The van der Waals surface area contributed by atoms with E-state index >= 15 is 0 Å². The number of nitrogens with zero attached hydrogens (tertiary/aromatic N) is 3. The molecule has 0 saturated carbocycles. The standard InChI is InChI=1S/C11H15ClN4O2/c1-2-13-11(17)8-7-18-6-5-16(8)10-4-3-9(12)14-15-10/h3-4,8H,2,5-7H2,1H3,(H,13,17). The maximum Gasteiger partial charge on any atom is 0.245 e. The Balaban J connectivity index is 2.17. The first-order chi connectivity index (χ1) is 8.72. The predicted molar refractivity (Wildman–Crippen MR) is 67.7 cm³/mol. The normalized spacial score (nSPS) is 19.7. The molecular formula is C11H15ClN4O2. The summed E-state index contributed by atoms with van der Waals surface area (Å²) in [6.45, 7) is 4.01. The molecule has 1 unspecified atom stereocenters. The number of carbonyl (C=O) groups excluding carboxylic acids is 1. The number of ether oxygens (including phenoxy) is 1. The number of likely N-dealkylation sites (N-methyl/N-ethyl adjacent to an activating group) is 1. The number of rotatable bonds is 3. The number of hydrogen-bond donors (Lipinski definition) is 1. The van der Waals surface area contributed by atoms with Crippen LogP contribution < -0.4 is 10.2 Å². The van der Waals surface area contributed by atoms with Crippen LogP contribution in [0.15, 0.2) is 12.1 Å². The van der Waals surface area contributed by atoms with Gasteiger partial charge in [-0.25, -0.2) is 0 Å². The second kappa shape index (κ2) is 5.97. The van der Waals surface area contributed by atoms with Crippen LogP contribution in [0.5, 0.6) is 0 Å². The highest BCUT2D eigenvalue weighted by atomic mass is 35.5. The molecule has 1 aliphatic rings. The van der Waals surface area contributed by atoms with Gasteiger partial charge in [0.05, 0.1) is 13.2 Å². The van der Waals surface area contributed by atoms with Crippen molar-refractivity contribution >= 4 is 23.3 Å². The van der Waals surface area contributed by atoms with Gasteiger partial charge in [-0.05, 0) is 19.1 Å². The van der Waals surface area contributed by atoms with Gasteiger partial charge >= 0.3 is 0 Å². The number of hydrogen-bond acceptors (Lipinski definition) is 5. The Morgan fingerprint density at radius 3 is 3.11 bits per heavy atom. The molecule has 1 atom stereocenters. The van der Waals surface area contributed by atoms with Crippen LogP contribution >= 0.6 is 11.6 Å². The average Bonchev–Trinajstić information content (AvgIpc) is 2.40. The third kappa shape index (κ3) is 2.88. The lowest BCUT2D eigenvalue weighted by Gasteiger charge is -2.34. The van der Waals surface area contributed by atoms with Crippen molar-refractivity contribution in [3.63, 3.8) is 0 Å². The molecule has 7 heteroatoms. The third-order valence-corrected chi connectivity index (χ3v) is 2.90. The van der Waals surface area contributed by atoms with Crippen molar-refractivity contribution in [1.82, 2.24) is 15.5 Å². The van der Waals surface area contributed by atoms with Crippen molar-refractivity contribution < 1.29 is 9.53 Å². The first kappa shape index (κ1) is 13.0. The third-order valence-electron chi connectivity index (χ3n) is 2.69. The van der Waals surface area contributed by atoms with Crippen LogP contribution in [0.1, 0.15) is 6.92 Å². The van der Waals surface area contributed by atoms with Crippen LogP contribution in [0, 0.1) is 0 Å². The molecule has 98 valence electrons. The summed E-state index contributed by atoms with van der Waals surface area (Å²) in [7, 11) is 0. The van der Waals surface area contributed by atoms with Crippen LogP contribution in [0.25, 0.3) is 0 Å². The van der Waals surface area contributed by atoms with Crippen LogP contribution in [0.4, 0.5) is 5.82 Å². The summed E-state index contributed by atoms with van der Waals surface area (Å²) in [5, 5.41) is 10.9. The highest BCUT2D eigenvalue weighted by molar-refractivity contribution is 6.29. The van der Waals surface area contributed by atoms with E-state index in [1.54, 1.807) is 12.1 Å². The number of morpholine rings is 1. The predicted octanol–water partition coefficient (Wildman–Crippen LogP) is 0.471. The summed E-state index contributed by atoms with van der Waals surface area (Å²) in [5.74, 6) is 0.577. The fraction of sp³-hybridized carbons (Fsp3) is 0.545. The maximum absolute atomic E-state index is 11.9. The summed E-state index contributed by atoms with van der Waals surface area (Å²) < 4.78 is 5.35. The van der Waals surface area contributed by atoms with Gasteiger partial charge in [0.25, 0.3) is 0 Å². The molecular weight excluding hydrogens is 256 g/mol. The van der Waals surface area contributed by atoms with Crippen molar-refractivity contribution in [3.05, 3.63) is 17.3 Å². The summed E-state index contributed by atoms with van der Waals surface area (Å²) >= 11 is 5.70. The molecule has 0 aromatic carbocycles. The molecule has 1 amide bonds. The second-order valence-corrected chi connectivity index (χ2v) is 4.28. The van der Waals surface area contributed by atoms with Gasteiger partial charge in [-0.15, -0.1) is 10.2 Å². The first-order valence-electron chi connectivity index (χ1n) is 5.83. The van der Waals surface area contributed by atoms with Crippen molar-refractivity contribution in [3.8, 4) is 0 Å². The van der Waals surface area contributed by atoms with Crippen molar-refractivity contribution in [2.45, 2.75) is 13.0 Å². The molecule has 6 nitrogen and oxygen atoms in total. The average molecular weight is 271 g/mol. The Kier molecular flexibility index (Phi) is 4.33. The molecule has 2 heterocycles. The van der Waals surface area contributed by atoms with Crippen molar-refractivity contribution in [2.75, 3.05) is 31.2 Å². The molecule has 0 aliphatic carbocycles. The van der Waals surface area contributed by atoms with E-state index in [9.17, 15) is 4.79 Å². The monoisotopic (exact) mass is 270 g/mol. The zero-order valence-corrected chi connectivity index (χ0v) is 10.9. The SMILES string of the molecule is CCNC(=O)C1COCCN1c1ccc(Cl)nn1. The van der Waals surface area contributed by atoms with Crippen molar-refractivity contribution in [2.24, 2.45) is 0 Å². The van der Waals surface area contributed by atoms with Crippen LogP contribution in [0.3, 0.4) is 0 Å². The van der Waals surface area contributed by atoms with Gasteiger partial charge in [0, 0.05) is 13.1 Å². The number of anilines is 1. The van der Waals surface area contributed by atoms with Gasteiger partial charge in [-0.3, -0.25) is 4.79 Å². The Morgan fingerprint density at radius 1 is 1.61 bits per heavy atom. The minimum Gasteiger partial charge on any atom is -0.377 e. The van der Waals surface area contributed by atoms with E-state index in [0.717, 1.165) is 0 Å². The Labute approximate surface area is 110 Å².